The maximum Gasteiger partial charge on any atom is 0.0390 e. The van der Waals surface area contributed by atoms with Gasteiger partial charge in [0, 0.05) is 30.2 Å². The van der Waals surface area contributed by atoms with Crippen molar-refractivity contribution in [2.24, 2.45) is 0 Å². The molecule has 0 saturated carbocycles. The molecule has 0 radical (unpaired) electrons. The van der Waals surface area contributed by atoms with E-state index in [0.717, 1.165) is 30.9 Å². The van der Waals surface area contributed by atoms with Crippen LogP contribution in [0.4, 0.5) is 17.1 Å². The lowest BCUT2D eigenvalue weighted by atomic mass is 10.0. The Balaban J connectivity index is 1.58. The fraction of sp³-hybridized carbons (Fsp3) is 0.250. The van der Waals surface area contributed by atoms with E-state index in [2.05, 4.69) is 91.7 Å². The van der Waals surface area contributed by atoms with Crippen LogP contribution >= 0.6 is 0 Å². The van der Waals surface area contributed by atoms with Gasteiger partial charge in [0.15, 0.2) is 0 Å². The van der Waals surface area contributed by atoms with Crippen LogP contribution in [0.1, 0.15) is 30.5 Å². The van der Waals surface area contributed by atoms with Crippen molar-refractivity contribution >= 4 is 17.1 Å². The molecule has 0 fully saturated rings. The van der Waals surface area contributed by atoms with Gasteiger partial charge in [0.05, 0.1) is 0 Å². The van der Waals surface area contributed by atoms with E-state index in [0.29, 0.717) is 0 Å². The molecule has 0 unspecified atom stereocenters. The van der Waals surface area contributed by atoms with Crippen molar-refractivity contribution in [3.8, 4) is 11.1 Å². The third kappa shape index (κ3) is 3.08. The topological polar surface area (TPSA) is 15.3 Å². The van der Waals surface area contributed by atoms with Gasteiger partial charge in [-0.1, -0.05) is 29.8 Å². The van der Waals surface area contributed by atoms with Crippen molar-refractivity contribution in [1.29, 1.82) is 0 Å². The third-order valence-electron chi connectivity index (χ3n) is 5.33. The molecule has 26 heavy (non-hydrogen) atoms. The molecule has 132 valence electrons. The average Bonchev–Trinajstić information content (AvgIpc) is 3.01. The van der Waals surface area contributed by atoms with E-state index >= 15 is 0 Å². The number of benzene rings is 3. The fourth-order valence-electron chi connectivity index (χ4n) is 3.87. The SMILES string of the molecule is CCN(CC)c1ccc(Nc2ccc3c(c2)-c2cc(C)ccc2C3)cc1. The van der Waals surface area contributed by atoms with Gasteiger partial charge in [-0.05, 0) is 85.8 Å². The van der Waals surface area contributed by atoms with Gasteiger partial charge in [0.1, 0.15) is 0 Å². The van der Waals surface area contributed by atoms with E-state index < -0.39 is 0 Å². The van der Waals surface area contributed by atoms with Crippen LogP contribution in [0.25, 0.3) is 11.1 Å². The lowest BCUT2D eigenvalue weighted by Crippen LogP contribution is -2.21. The Hall–Kier alpha value is -2.74. The summed E-state index contributed by atoms with van der Waals surface area (Å²) in [4.78, 5) is 2.36. The molecule has 4 rings (SSSR count). The molecule has 1 aliphatic carbocycles. The average molecular weight is 342 g/mol. The molecule has 3 aromatic carbocycles. The number of aryl methyl sites for hydroxylation is 1. The van der Waals surface area contributed by atoms with Crippen molar-refractivity contribution in [2.75, 3.05) is 23.3 Å². The summed E-state index contributed by atoms with van der Waals surface area (Å²) in [6.45, 7) is 8.62. The highest BCUT2D eigenvalue weighted by Gasteiger charge is 2.18. The quantitative estimate of drug-likeness (QED) is 0.467. The second-order valence-electron chi connectivity index (χ2n) is 7.05. The van der Waals surface area contributed by atoms with Gasteiger partial charge < -0.3 is 10.2 Å². The Bertz CT molecular complexity index is 921. The minimum Gasteiger partial charge on any atom is -0.372 e. The van der Waals surface area contributed by atoms with Gasteiger partial charge in [0.2, 0.25) is 0 Å². The lowest BCUT2D eigenvalue weighted by Gasteiger charge is -2.21. The van der Waals surface area contributed by atoms with Crippen molar-refractivity contribution in [3.63, 3.8) is 0 Å². The Kier molecular flexibility index (Phi) is 4.42. The highest BCUT2D eigenvalue weighted by Crippen LogP contribution is 2.39. The minimum absolute atomic E-state index is 1.03. The van der Waals surface area contributed by atoms with E-state index in [1.165, 1.54) is 33.5 Å². The van der Waals surface area contributed by atoms with E-state index in [1.807, 2.05) is 0 Å². The normalized spacial score (nSPS) is 11.8. The molecule has 1 N–H and O–H groups in total. The number of rotatable bonds is 5. The molecule has 0 aromatic heterocycles. The Morgan fingerprint density at radius 3 is 2.08 bits per heavy atom. The first-order valence-corrected chi connectivity index (χ1v) is 9.52. The second kappa shape index (κ2) is 6.87. The van der Waals surface area contributed by atoms with E-state index in [4.69, 9.17) is 0 Å². The number of hydrogen-bond donors (Lipinski definition) is 1. The molecule has 0 spiro atoms. The van der Waals surface area contributed by atoms with Gasteiger partial charge in [-0.25, -0.2) is 0 Å². The van der Waals surface area contributed by atoms with Crippen LogP contribution in [0.2, 0.25) is 0 Å². The molecule has 1 aliphatic rings. The second-order valence-corrected chi connectivity index (χ2v) is 7.05. The van der Waals surface area contributed by atoms with Gasteiger partial charge in [-0.2, -0.15) is 0 Å². The first-order valence-electron chi connectivity index (χ1n) is 9.52. The predicted octanol–water partition coefficient (Wildman–Crippen LogP) is 6.16. The summed E-state index contributed by atoms with van der Waals surface area (Å²) in [5, 5.41) is 3.56. The number of nitrogens with one attached hydrogen (secondary N) is 1. The van der Waals surface area contributed by atoms with Crippen LogP contribution in [0.15, 0.2) is 60.7 Å². The molecule has 0 amide bonds. The molecule has 0 heterocycles. The molecule has 2 nitrogen and oxygen atoms in total. The molecule has 0 saturated heterocycles. The zero-order chi connectivity index (χ0) is 18.1. The largest absolute Gasteiger partial charge is 0.372 e. The van der Waals surface area contributed by atoms with Gasteiger partial charge in [0.25, 0.3) is 0 Å². The molecule has 2 heteroatoms. The molecule has 0 aliphatic heterocycles. The van der Waals surface area contributed by atoms with Crippen molar-refractivity contribution in [3.05, 3.63) is 77.4 Å². The first kappa shape index (κ1) is 16.7. The third-order valence-corrected chi connectivity index (χ3v) is 5.33. The zero-order valence-electron chi connectivity index (χ0n) is 15.8. The summed E-state index contributed by atoms with van der Waals surface area (Å²) in [6.07, 6.45) is 1.05. The lowest BCUT2D eigenvalue weighted by molar-refractivity contribution is 0.866. The van der Waals surface area contributed by atoms with Gasteiger partial charge in [-0.3, -0.25) is 0 Å². The number of hydrogen-bond acceptors (Lipinski definition) is 2. The maximum atomic E-state index is 3.56. The summed E-state index contributed by atoms with van der Waals surface area (Å²) in [6, 6.07) is 22.3. The maximum absolute atomic E-state index is 3.56. The molecule has 3 aromatic rings. The van der Waals surface area contributed by atoms with Crippen LogP contribution in [0.5, 0.6) is 0 Å². The molecular formula is C24H26N2. The monoisotopic (exact) mass is 342 g/mol. The summed E-state index contributed by atoms with van der Waals surface area (Å²) in [5.41, 5.74) is 10.5. The number of fused-ring (bicyclic) bond motifs is 3. The Morgan fingerprint density at radius 1 is 0.769 bits per heavy atom. The molecular weight excluding hydrogens is 316 g/mol. The summed E-state index contributed by atoms with van der Waals surface area (Å²) in [7, 11) is 0. The van der Waals surface area contributed by atoms with Crippen molar-refractivity contribution in [1.82, 2.24) is 0 Å². The molecule has 0 bridgehead atoms. The van der Waals surface area contributed by atoms with Crippen LogP contribution in [0, 0.1) is 6.92 Å². The smallest absolute Gasteiger partial charge is 0.0390 e. The van der Waals surface area contributed by atoms with Crippen LogP contribution in [-0.2, 0) is 6.42 Å². The fourth-order valence-corrected chi connectivity index (χ4v) is 3.87. The summed E-state index contributed by atoms with van der Waals surface area (Å²) < 4.78 is 0. The number of nitrogens with zero attached hydrogens (tertiary/aromatic N) is 1. The van der Waals surface area contributed by atoms with Crippen molar-refractivity contribution < 1.29 is 0 Å². The van der Waals surface area contributed by atoms with Gasteiger partial charge >= 0.3 is 0 Å². The van der Waals surface area contributed by atoms with E-state index in [-0.39, 0.29) is 0 Å². The zero-order valence-corrected chi connectivity index (χ0v) is 15.8. The number of anilines is 3. The van der Waals surface area contributed by atoms with Crippen LogP contribution < -0.4 is 10.2 Å². The van der Waals surface area contributed by atoms with Crippen LogP contribution in [-0.4, -0.2) is 13.1 Å². The standard InChI is InChI=1S/C24H26N2/c1-4-26(5-2)22-12-10-20(11-13-22)25-21-9-8-19-15-18-7-6-17(3)14-23(18)24(19)16-21/h6-14,16,25H,4-5,15H2,1-3H3. The minimum atomic E-state index is 1.03. The van der Waals surface area contributed by atoms with Crippen molar-refractivity contribution in [2.45, 2.75) is 27.2 Å². The van der Waals surface area contributed by atoms with E-state index in [9.17, 15) is 0 Å². The molecule has 0 atom stereocenters. The van der Waals surface area contributed by atoms with Crippen LogP contribution in [0.3, 0.4) is 0 Å². The highest BCUT2D eigenvalue weighted by molar-refractivity contribution is 5.81. The summed E-state index contributed by atoms with van der Waals surface area (Å²) >= 11 is 0. The van der Waals surface area contributed by atoms with Gasteiger partial charge in [-0.15, -0.1) is 0 Å². The predicted molar refractivity (Wildman–Crippen MR) is 113 cm³/mol. The van der Waals surface area contributed by atoms with E-state index in [1.54, 1.807) is 0 Å². The Morgan fingerprint density at radius 2 is 1.38 bits per heavy atom. The summed E-state index contributed by atoms with van der Waals surface area (Å²) in [5.74, 6) is 0. The first-order chi connectivity index (χ1) is 12.7. The Labute approximate surface area is 156 Å². The highest BCUT2D eigenvalue weighted by atomic mass is 15.1.